The Bertz CT molecular complexity index is 925. The van der Waals surface area contributed by atoms with E-state index < -0.39 is 0 Å². The SMILES string of the molecule is Cc1nn(-c2ccccc2)c(C)c1NC(=O)C(C)N1CCCN(C(=O)OCC(C)C)CC1. The number of nitrogens with zero attached hydrogens (tertiary/aromatic N) is 4. The van der Waals surface area contributed by atoms with Crippen molar-refractivity contribution < 1.29 is 14.3 Å². The third-order valence-corrected chi connectivity index (χ3v) is 5.80. The van der Waals surface area contributed by atoms with Crippen molar-refractivity contribution in [3.05, 3.63) is 41.7 Å². The summed E-state index contributed by atoms with van der Waals surface area (Å²) in [6.45, 7) is 12.8. The van der Waals surface area contributed by atoms with Gasteiger partial charge in [-0.3, -0.25) is 9.69 Å². The van der Waals surface area contributed by atoms with Crippen molar-refractivity contribution in [3.8, 4) is 5.69 Å². The van der Waals surface area contributed by atoms with Crippen LogP contribution in [-0.2, 0) is 9.53 Å². The Labute approximate surface area is 190 Å². The van der Waals surface area contributed by atoms with Crippen LogP contribution in [0.25, 0.3) is 5.69 Å². The summed E-state index contributed by atoms with van der Waals surface area (Å²) in [5, 5.41) is 7.69. The second-order valence-electron chi connectivity index (χ2n) is 8.81. The highest BCUT2D eigenvalue weighted by Gasteiger charge is 2.27. The number of rotatable bonds is 6. The number of para-hydroxylation sites is 1. The van der Waals surface area contributed by atoms with E-state index in [0.29, 0.717) is 32.2 Å². The number of aromatic nitrogens is 2. The molecule has 1 aliphatic rings. The van der Waals surface area contributed by atoms with Gasteiger partial charge in [0.15, 0.2) is 0 Å². The van der Waals surface area contributed by atoms with E-state index in [1.807, 2.05) is 69.6 Å². The Balaban J connectivity index is 1.62. The number of hydrogen-bond acceptors (Lipinski definition) is 5. The fourth-order valence-corrected chi connectivity index (χ4v) is 3.87. The Hall–Kier alpha value is -2.87. The predicted octanol–water partition coefficient (Wildman–Crippen LogP) is 3.62. The molecule has 0 aliphatic carbocycles. The molecule has 1 atom stereocenters. The summed E-state index contributed by atoms with van der Waals surface area (Å²) >= 11 is 0. The van der Waals surface area contributed by atoms with Gasteiger partial charge in [-0.1, -0.05) is 32.0 Å². The quantitative estimate of drug-likeness (QED) is 0.741. The van der Waals surface area contributed by atoms with E-state index in [9.17, 15) is 9.59 Å². The van der Waals surface area contributed by atoms with Gasteiger partial charge in [0.2, 0.25) is 5.91 Å². The number of benzene rings is 1. The van der Waals surface area contributed by atoms with E-state index in [-0.39, 0.29) is 18.0 Å². The highest BCUT2D eigenvalue weighted by Crippen LogP contribution is 2.23. The fraction of sp³-hybridized carbons (Fsp3) is 0.542. The first-order chi connectivity index (χ1) is 15.3. The van der Waals surface area contributed by atoms with Crippen LogP contribution in [0.2, 0.25) is 0 Å². The second kappa shape index (κ2) is 10.6. The van der Waals surface area contributed by atoms with Crippen molar-refractivity contribution >= 4 is 17.7 Å². The number of nitrogens with one attached hydrogen (secondary N) is 1. The molecule has 0 radical (unpaired) electrons. The first-order valence-corrected chi connectivity index (χ1v) is 11.4. The Morgan fingerprint density at radius 3 is 2.47 bits per heavy atom. The van der Waals surface area contributed by atoms with E-state index in [1.54, 1.807) is 4.90 Å². The maximum atomic E-state index is 13.1. The van der Waals surface area contributed by atoms with Crippen molar-refractivity contribution in [2.75, 3.05) is 38.1 Å². The van der Waals surface area contributed by atoms with Crippen molar-refractivity contribution in [2.45, 2.75) is 47.1 Å². The molecule has 8 heteroatoms. The van der Waals surface area contributed by atoms with Gasteiger partial charge in [0.1, 0.15) is 0 Å². The van der Waals surface area contributed by atoms with E-state index in [4.69, 9.17) is 4.74 Å². The summed E-state index contributed by atoms with van der Waals surface area (Å²) in [6, 6.07) is 9.55. The number of carbonyl (C=O) groups excluding carboxylic acids is 2. The number of amides is 2. The lowest BCUT2D eigenvalue weighted by molar-refractivity contribution is -0.120. The predicted molar refractivity (Wildman–Crippen MR) is 125 cm³/mol. The molecule has 2 amide bonds. The van der Waals surface area contributed by atoms with Crippen LogP contribution in [0, 0.1) is 19.8 Å². The fourth-order valence-electron chi connectivity index (χ4n) is 3.87. The highest BCUT2D eigenvalue weighted by molar-refractivity contribution is 5.95. The number of carbonyl (C=O) groups is 2. The topological polar surface area (TPSA) is 79.7 Å². The smallest absolute Gasteiger partial charge is 0.409 e. The summed E-state index contributed by atoms with van der Waals surface area (Å²) in [4.78, 5) is 29.2. The number of ether oxygens (including phenoxy) is 1. The van der Waals surface area contributed by atoms with Gasteiger partial charge in [0.05, 0.1) is 35.4 Å². The zero-order valence-electron chi connectivity index (χ0n) is 19.8. The molecular formula is C24H35N5O3. The molecule has 8 nitrogen and oxygen atoms in total. The van der Waals surface area contributed by atoms with Crippen molar-refractivity contribution in [1.29, 1.82) is 0 Å². The van der Waals surface area contributed by atoms with Crippen LogP contribution in [0.15, 0.2) is 30.3 Å². The molecule has 0 spiro atoms. The van der Waals surface area contributed by atoms with Crippen molar-refractivity contribution in [1.82, 2.24) is 19.6 Å². The molecular weight excluding hydrogens is 406 g/mol. The first kappa shape index (κ1) is 23.8. The molecule has 1 N–H and O–H groups in total. The minimum Gasteiger partial charge on any atom is -0.449 e. The number of anilines is 1. The minimum atomic E-state index is -0.319. The van der Waals surface area contributed by atoms with Crippen LogP contribution in [0.3, 0.4) is 0 Å². The van der Waals surface area contributed by atoms with E-state index >= 15 is 0 Å². The zero-order valence-corrected chi connectivity index (χ0v) is 19.8. The molecule has 3 rings (SSSR count). The molecule has 0 saturated carbocycles. The maximum Gasteiger partial charge on any atom is 0.409 e. The molecule has 1 unspecified atom stereocenters. The Kier molecular flexibility index (Phi) is 7.90. The van der Waals surface area contributed by atoms with Gasteiger partial charge in [-0.2, -0.15) is 5.10 Å². The first-order valence-electron chi connectivity index (χ1n) is 11.4. The summed E-state index contributed by atoms with van der Waals surface area (Å²) in [6.07, 6.45) is 0.538. The average molecular weight is 442 g/mol. The lowest BCUT2D eigenvalue weighted by Crippen LogP contribution is -2.44. The zero-order chi connectivity index (χ0) is 23.3. The molecule has 1 aromatic heterocycles. The third kappa shape index (κ3) is 5.68. The lowest BCUT2D eigenvalue weighted by atomic mass is 10.2. The second-order valence-corrected chi connectivity index (χ2v) is 8.81. The molecule has 1 saturated heterocycles. The van der Waals surface area contributed by atoms with Gasteiger partial charge in [0, 0.05) is 26.2 Å². The number of aryl methyl sites for hydroxylation is 1. The monoisotopic (exact) mass is 441 g/mol. The van der Waals surface area contributed by atoms with Crippen LogP contribution in [0.1, 0.15) is 38.6 Å². The molecule has 174 valence electrons. The van der Waals surface area contributed by atoms with Gasteiger partial charge in [0.25, 0.3) is 0 Å². The van der Waals surface area contributed by atoms with E-state index in [0.717, 1.165) is 35.7 Å². The van der Waals surface area contributed by atoms with E-state index in [2.05, 4.69) is 15.3 Å². The summed E-state index contributed by atoms with van der Waals surface area (Å²) < 4.78 is 7.22. The van der Waals surface area contributed by atoms with Crippen LogP contribution >= 0.6 is 0 Å². The molecule has 2 heterocycles. The van der Waals surface area contributed by atoms with Gasteiger partial charge in [-0.05, 0) is 45.2 Å². The largest absolute Gasteiger partial charge is 0.449 e. The molecule has 2 aromatic rings. The van der Waals surface area contributed by atoms with Crippen molar-refractivity contribution in [2.24, 2.45) is 5.92 Å². The van der Waals surface area contributed by atoms with Gasteiger partial charge >= 0.3 is 6.09 Å². The molecule has 32 heavy (non-hydrogen) atoms. The molecule has 0 bridgehead atoms. The third-order valence-electron chi connectivity index (χ3n) is 5.80. The van der Waals surface area contributed by atoms with Crippen LogP contribution in [0.5, 0.6) is 0 Å². The summed E-state index contributed by atoms with van der Waals surface area (Å²) in [7, 11) is 0. The molecule has 1 fully saturated rings. The summed E-state index contributed by atoms with van der Waals surface area (Å²) in [5.41, 5.74) is 3.38. The van der Waals surface area contributed by atoms with Crippen LogP contribution in [0.4, 0.5) is 10.5 Å². The highest BCUT2D eigenvalue weighted by atomic mass is 16.6. The molecule has 1 aromatic carbocycles. The Morgan fingerprint density at radius 2 is 1.78 bits per heavy atom. The maximum absolute atomic E-state index is 13.1. The van der Waals surface area contributed by atoms with Crippen LogP contribution < -0.4 is 5.32 Å². The molecule has 1 aliphatic heterocycles. The Morgan fingerprint density at radius 1 is 1.06 bits per heavy atom. The summed E-state index contributed by atoms with van der Waals surface area (Å²) in [5.74, 6) is 0.240. The standard InChI is InChI=1S/C24H35N5O3/c1-17(2)16-32-24(31)28-13-9-12-27(14-15-28)20(5)23(30)25-22-18(3)26-29(19(22)4)21-10-7-6-8-11-21/h6-8,10-11,17,20H,9,12-16H2,1-5H3,(H,25,30). The van der Waals surface area contributed by atoms with E-state index in [1.165, 1.54) is 0 Å². The average Bonchev–Trinajstić information content (AvgIpc) is 2.95. The minimum absolute atomic E-state index is 0.0698. The van der Waals surface area contributed by atoms with Gasteiger partial charge < -0.3 is 15.0 Å². The van der Waals surface area contributed by atoms with Crippen molar-refractivity contribution in [3.63, 3.8) is 0 Å². The number of hydrogen-bond donors (Lipinski definition) is 1. The van der Waals surface area contributed by atoms with Gasteiger partial charge in [-0.25, -0.2) is 9.48 Å². The lowest BCUT2D eigenvalue weighted by Gasteiger charge is -2.27. The van der Waals surface area contributed by atoms with Crippen LogP contribution in [-0.4, -0.2) is 70.4 Å². The normalized spacial score (nSPS) is 16.0. The van der Waals surface area contributed by atoms with Gasteiger partial charge in [-0.15, -0.1) is 0 Å².